The lowest BCUT2D eigenvalue weighted by molar-refractivity contribution is 0.665. The Morgan fingerprint density at radius 2 is 1.94 bits per heavy atom. The van der Waals surface area contributed by atoms with Gasteiger partial charge in [-0.2, -0.15) is 0 Å². The molecule has 88 valence electrons. The molecule has 1 aliphatic heterocycles. The van der Waals surface area contributed by atoms with E-state index in [-0.39, 0.29) is 0 Å². The van der Waals surface area contributed by atoms with Crippen molar-refractivity contribution in [3.05, 3.63) is 53.7 Å². The fourth-order valence-corrected chi connectivity index (χ4v) is 2.85. The van der Waals surface area contributed by atoms with Crippen LogP contribution in [0.3, 0.4) is 0 Å². The molecule has 2 nitrogen and oxygen atoms in total. The topological polar surface area (TPSA) is 25.2 Å². The molecule has 0 saturated heterocycles. The van der Waals surface area contributed by atoms with Crippen LogP contribution < -0.4 is 5.32 Å². The molecule has 2 heterocycles. The minimum atomic E-state index is 0.709. The summed E-state index contributed by atoms with van der Waals surface area (Å²) in [4.78, 5) is 0. The van der Waals surface area contributed by atoms with Gasteiger partial charge in [0.2, 0.25) is 0 Å². The summed E-state index contributed by atoms with van der Waals surface area (Å²) in [5.41, 5.74) is 3.98. The van der Waals surface area contributed by atoms with Gasteiger partial charge < -0.3 is 9.73 Å². The summed E-state index contributed by atoms with van der Waals surface area (Å²) in [7, 11) is 0. The van der Waals surface area contributed by atoms with Crippen molar-refractivity contribution in [2.24, 2.45) is 0 Å². The second-order valence-electron chi connectivity index (χ2n) is 4.45. The second kappa shape index (κ2) is 3.53. The van der Waals surface area contributed by atoms with Crippen molar-refractivity contribution in [1.29, 1.82) is 0 Å². The van der Waals surface area contributed by atoms with E-state index in [4.69, 9.17) is 16.0 Å². The van der Waals surface area contributed by atoms with Crippen molar-refractivity contribution < 1.29 is 4.42 Å². The molecule has 0 radical (unpaired) electrons. The zero-order valence-electron chi connectivity index (χ0n) is 9.53. The molecule has 1 N–H and O–H groups in total. The molecule has 2 aromatic carbocycles. The molecule has 0 amide bonds. The first-order valence-corrected chi connectivity index (χ1v) is 6.25. The monoisotopic (exact) mass is 255 g/mol. The van der Waals surface area contributed by atoms with Crippen LogP contribution in [-0.4, -0.2) is 0 Å². The van der Waals surface area contributed by atoms with Gasteiger partial charge in [0.05, 0.1) is 5.03 Å². The molecular formula is C15H10ClNO. The van der Waals surface area contributed by atoms with Gasteiger partial charge in [-0.05, 0) is 11.6 Å². The average molecular weight is 256 g/mol. The molecule has 0 atom stereocenters. The number of benzene rings is 2. The van der Waals surface area contributed by atoms with Crippen LogP contribution in [0.25, 0.3) is 27.0 Å². The van der Waals surface area contributed by atoms with Crippen molar-refractivity contribution in [2.45, 2.75) is 6.54 Å². The molecule has 0 unspecified atom stereocenters. The van der Waals surface area contributed by atoms with Crippen molar-refractivity contribution in [1.82, 2.24) is 5.32 Å². The Balaban J connectivity index is 2.21. The molecule has 3 aromatic rings. The average Bonchev–Trinajstić information content (AvgIpc) is 2.77. The van der Waals surface area contributed by atoms with Gasteiger partial charge in [0.15, 0.2) is 0 Å². The second-order valence-corrected chi connectivity index (χ2v) is 4.85. The van der Waals surface area contributed by atoms with Gasteiger partial charge in [-0.15, -0.1) is 0 Å². The number of rotatable bonds is 0. The molecule has 0 saturated carbocycles. The van der Waals surface area contributed by atoms with Gasteiger partial charge in [0.25, 0.3) is 0 Å². The molecule has 1 aliphatic rings. The summed E-state index contributed by atoms with van der Waals surface area (Å²) in [5, 5.41) is 6.12. The minimum absolute atomic E-state index is 0.709. The first-order chi connectivity index (χ1) is 8.84. The highest BCUT2D eigenvalue weighted by atomic mass is 35.5. The predicted octanol–water partition coefficient (Wildman–Crippen LogP) is 4.23. The van der Waals surface area contributed by atoms with Crippen molar-refractivity contribution in [2.75, 3.05) is 0 Å². The van der Waals surface area contributed by atoms with E-state index in [1.165, 1.54) is 5.56 Å². The standard InChI is InChI=1S/C15H10ClNO/c16-12-8-17-7-9-5-6-11-10-3-1-2-4-13(10)18-15(11)14(9)12/h1-6,8,17H,7H2. The number of halogens is 1. The van der Waals surface area contributed by atoms with Crippen molar-refractivity contribution in [3.8, 4) is 0 Å². The Morgan fingerprint density at radius 3 is 2.89 bits per heavy atom. The van der Waals surface area contributed by atoms with Gasteiger partial charge in [-0.3, -0.25) is 0 Å². The van der Waals surface area contributed by atoms with Crippen molar-refractivity contribution in [3.63, 3.8) is 0 Å². The molecule has 18 heavy (non-hydrogen) atoms. The summed E-state index contributed by atoms with van der Waals surface area (Å²) >= 11 is 6.29. The largest absolute Gasteiger partial charge is 0.455 e. The number of hydrogen-bond acceptors (Lipinski definition) is 2. The zero-order chi connectivity index (χ0) is 12.1. The van der Waals surface area contributed by atoms with Gasteiger partial charge in [0.1, 0.15) is 11.2 Å². The van der Waals surface area contributed by atoms with E-state index in [1.54, 1.807) is 0 Å². The fraction of sp³-hybridized carbons (Fsp3) is 0.0667. The Bertz CT molecular complexity index is 801. The van der Waals surface area contributed by atoms with E-state index in [0.717, 1.165) is 34.0 Å². The van der Waals surface area contributed by atoms with Gasteiger partial charge in [-0.1, -0.05) is 41.9 Å². The molecule has 3 heteroatoms. The zero-order valence-corrected chi connectivity index (χ0v) is 10.3. The Labute approximate surface area is 109 Å². The van der Waals surface area contributed by atoms with E-state index < -0.39 is 0 Å². The number of para-hydroxylation sites is 1. The third-order valence-corrected chi connectivity index (χ3v) is 3.69. The van der Waals surface area contributed by atoms with Crippen LogP contribution in [-0.2, 0) is 6.54 Å². The Morgan fingerprint density at radius 1 is 1.06 bits per heavy atom. The lowest BCUT2D eigenvalue weighted by Gasteiger charge is -2.14. The quantitative estimate of drug-likeness (QED) is 0.650. The van der Waals surface area contributed by atoms with Crippen LogP contribution >= 0.6 is 11.6 Å². The minimum Gasteiger partial charge on any atom is -0.455 e. The molecule has 0 spiro atoms. The van der Waals surface area contributed by atoms with Crippen LogP contribution in [0, 0.1) is 0 Å². The van der Waals surface area contributed by atoms with Gasteiger partial charge in [0, 0.05) is 29.1 Å². The fourth-order valence-electron chi connectivity index (χ4n) is 2.56. The summed E-state index contributed by atoms with van der Waals surface area (Å²) < 4.78 is 5.97. The van der Waals surface area contributed by atoms with Crippen LogP contribution in [0.4, 0.5) is 0 Å². The van der Waals surface area contributed by atoms with E-state index in [2.05, 4.69) is 23.5 Å². The molecule has 0 bridgehead atoms. The Hall–Kier alpha value is -1.93. The number of hydrogen-bond donors (Lipinski definition) is 1. The van der Waals surface area contributed by atoms with E-state index in [9.17, 15) is 0 Å². The Kier molecular flexibility index (Phi) is 1.97. The van der Waals surface area contributed by atoms with E-state index >= 15 is 0 Å². The summed E-state index contributed by atoms with van der Waals surface area (Å²) in [6.45, 7) is 0.790. The smallest absolute Gasteiger partial charge is 0.144 e. The third-order valence-electron chi connectivity index (χ3n) is 3.39. The summed E-state index contributed by atoms with van der Waals surface area (Å²) in [6, 6.07) is 12.3. The van der Waals surface area contributed by atoms with E-state index in [1.807, 2.05) is 24.4 Å². The lowest BCUT2D eigenvalue weighted by Crippen LogP contribution is -2.11. The van der Waals surface area contributed by atoms with Crippen molar-refractivity contribution >= 4 is 38.6 Å². The summed E-state index contributed by atoms with van der Waals surface area (Å²) in [6.07, 6.45) is 1.83. The van der Waals surface area contributed by atoms with Crippen LogP contribution in [0.15, 0.2) is 47.0 Å². The van der Waals surface area contributed by atoms with Gasteiger partial charge in [-0.25, -0.2) is 0 Å². The number of nitrogens with one attached hydrogen (secondary N) is 1. The molecule has 4 rings (SSSR count). The number of furan rings is 1. The maximum absolute atomic E-state index is 6.29. The highest BCUT2D eigenvalue weighted by Gasteiger charge is 2.18. The maximum Gasteiger partial charge on any atom is 0.144 e. The van der Waals surface area contributed by atoms with Crippen LogP contribution in [0.1, 0.15) is 11.1 Å². The van der Waals surface area contributed by atoms with Crippen LogP contribution in [0.5, 0.6) is 0 Å². The summed E-state index contributed by atoms with van der Waals surface area (Å²) in [5.74, 6) is 0. The van der Waals surface area contributed by atoms with E-state index in [0.29, 0.717) is 5.03 Å². The lowest BCUT2D eigenvalue weighted by atomic mass is 10.0. The van der Waals surface area contributed by atoms with Crippen LogP contribution in [0.2, 0.25) is 0 Å². The molecule has 1 aromatic heterocycles. The first-order valence-electron chi connectivity index (χ1n) is 5.87. The molecular weight excluding hydrogens is 246 g/mol. The number of fused-ring (bicyclic) bond motifs is 5. The van der Waals surface area contributed by atoms with Gasteiger partial charge >= 0.3 is 0 Å². The highest BCUT2D eigenvalue weighted by molar-refractivity contribution is 6.50. The SMILES string of the molecule is ClC1=CNCc2ccc3c(oc4ccccc43)c21. The normalized spacial score (nSPS) is 14.4. The highest BCUT2D eigenvalue weighted by Crippen LogP contribution is 2.37. The molecule has 0 fully saturated rings. The molecule has 0 aliphatic carbocycles. The maximum atomic E-state index is 6.29. The first kappa shape index (κ1) is 10.0. The third kappa shape index (κ3) is 1.24. The predicted molar refractivity (Wildman–Crippen MR) is 74.4 cm³/mol.